The Bertz CT molecular complexity index is 1180. The summed E-state index contributed by atoms with van der Waals surface area (Å²) in [5, 5.41) is 13.6. The summed E-state index contributed by atoms with van der Waals surface area (Å²) in [5.74, 6) is -1.20. The number of aromatic carboxylic acids is 1. The fourth-order valence-electron chi connectivity index (χ4n) is 3.06. The van der Waals surface area contributed by atoms with Crippen LogP contribution >= 0.6 is 0 Å². The molecule has 0 saturated heterocycles. The van der Waals surface area contributed by atoms with Gasteiger partial charge in [0.05, 0.1) is 28.4 Å². The standard InChI is InChI=1S/C22H15F6N3O3/c23-21(24,25)14-7-3-12(4-8-14)17(18-16(22(26,27)28)2-1-11-29-18)31-20(34)30-15-9-5-13(6-10-15)19(32)33/h1-11,17H,(H,32,33)(H2,30,31,34). The lowest BCUT2D eigenvalue weighted by atomic mass is 9.98. The van der Waals surface area contributed by atoms with Crippen molar-refractivity contribution in [2.75, 3.05) is 5.32 Å². The molecule has 2 aromatic carbocycles. The van der Waals surface area contributed by atoms with Gasteiger partial charge in [-0.2, -0.15) is 26.3 Å². The molecule has 0 bridgehead atoms. The number of amides is 2. The molecule has 6 nitrogen and oxygen atoms in total. The van der Waals surface area contributed by atoms with Crippen LogP contribution in [-0.4, -0.2) is 22.1 Å². The normalized spacial score (nSPS) is 12.6. The number of hydrogen-bond donors (Lipinski definition) is 3. The summed E-state index contributed by atoms with van der Waals surface area (Å²) >= 11 is 0. The lowest BCUT2D eigenvalue weighted by molar-refractivity contribution is -0.139. The number of pyridine rings is 1. The number of carbonyl (C=O) groups excluding carboxylic acids is 1. The number of carbonyl (C=O) groups is 2. The van der Waals surface area contributed by atoms with Crippen LogP contribution in [0.15, 0.2) is 66.9 Å². The Morgan fingerprint density at radius 1 is 0.853 bits per heavy atom. The number of anilines is 1. The maximum atomic E-state index is 13.6. The smallest absolute Gasteiger partial charge is 0.418 e. The van der Waals surface area contributed by atoms with Crippen LogP contribution < -0.4 is 10.6 Å². The number of urea groups is 1. The first kappa shape index (κ1) is 24.6. The molecule has 0 radical (unpaired) electrons. The van der Waals surface area contributed by atoms with Gasteiger partial charge in [0, 0.05) is 11.9 Å². The van der Waals surface area contributed by atoms with Crippen LogP contribution in [0.2, 0.25) is 0 Å². The highest BCUT2D eigenvalue weighted by atomic mass is 19.4. The Balaban J connectivity index is 1.96. The predicted molar refractivity (Wildman–Crippen MR) is 108 cm³/mol. The van der Waals surface area contributed by atoms with Gasteiger partial charge >= 0.3 is 24.4 Å². The largest absolute Gasteiger partial charge is 0.478 e. The first-order valence-electron chi connectivity index (χ1n) is 9.46. The Labute approximate surface area is 188 Å². The van der Waals surface area contributed by atoms with Crippen LogP contribution in [0, 0.1) is 0 Å². The highest BCUT2D eigenvalue weighted by Gasteiger charge is 2.37. The molecule has 1 heterocycles. The molecular weight excluding hydrogens is 468 g/mol. The average molecular weight is 483 g/mol. The van der Waals surface area contributed by atoms with Gasteiger partial charge in [0.15, 0.2) is 0 Å². The third-order valence-corrected chi connectivity index (χ3v) is 4.65. The lowest BCUT2D eigenvalue weighted by Gasteiger charge is -2.23. The van der Waals surface area contributed by atoms with E-state index in [9.17, 15) is 35.9 Å². The number of carboxylic acids is 1. The molecule has 0 aliphatic rings. The summed E-state index contributed by atoms with van der Waals surface area (Å²) in [7, 11) is 0. The zero-order valence-electron chi connectivity index (χ0n) is 16.9. The molecule has 178 valence electrons. The van der Waals surface area contributed by atoms with Gasteiger partial charge in [-0.15, -0.1) is 0 Å². The second-order valence-corrected chi connectivity index (χ2v) is 6.97. The summed E-state index contributed by atoms with van der Waals surface area (Å²) in [4.78, 5) is 27.2. The maximum absolute atomic E-state index is 13.6. The van der Waals surface area contributed by atoms with Crippen molar-refractivity contribution in [1.29, 1.82) is 0 Å². The zero-order chi connectivity index (χ0) is 25.1. The minimum atomic E-state index is -4.85. The molecule has 0 fully saturated rings. The number of nitrogens with one attached hydrogen (secondary N) is 2. The second-order valence-electron chi connectivity index (χ2n) is 6.97. The van der Waals surface area contributed by atoms with E-state index in [1.54, 1.807) is 0 Å². The number of nitrogens with zero attached hydrogens (tertiary/aromatic N) is 1. The van der Waals surface area contributed by atoms with Crippen molar-refractivity contribution in [2.24, 2.45) is 0 Å². The molecule has 3 N–H and O–H groups in total. The summed E-state index contributed by atoms with van der Waals surface area (Å²) < 4.78 is 79.5. The quantitative estimate of drug-likeness (QED) is 0.405. The number of benzene rings is 2. The molecule has 2 amide bonds. The van der Waals surface area contributed by atoms with Crippen molar-refractivity contribution in [3.05, 3.63) is 94.8 Å². The fourth-order valence-corrected chi connectivity index (χ4v) is 3.06. The van der Waals surface area contributed by atoms with Crippen LogP contribution in [0.1, 0.15) is 38.8 Å². The molecule has 1 atom stereocenters. The van der Waals surface area contributed by atoms with E-state index in [1.807, 2.05) is 0 Å². The molecule has 0 aliphatic carbocycles. The molecule has 1 aromatic heterocycles. The van der Waals surface area contributed by atoms with Crippen LogP contribution in [0.25, 0.3) is 0 Å². The van der Waals surface area contributed by atoms with Crippen LogP contribution in [-0.2, 0) is 12.4 Å². The molecule has 0 aliphatic heterocycles. The van der Waals surface area contributed by atoms with Gasteiger partial charge in [-0.25, -0.2) is 9.59 Å². The van der Waals surface area contributed by atoms with Crippen LogP contribution in [0.3, 0.4) is 0 Å². The van der Waals surface area contributed by atoms with E-state index in [1.165, 1.54) is 24.3 Å². The van der Waals surface area contributed by atoms with Crippen molar-refractivity contribution in [2.45, 2.75) is 18.4 Å². The van der Waals surface area contributed by atoms with E-state index >= 15 is 0 Å². The van der Waals surface area contributed by atoms with E-state index in [4.69, 9.17) is 5.11 Å². The number of halogens is 6. The first-order valence-corrected chi connectivity index (χ1v) is 9.46. The van der Waals surface area contributed by atoms with Crippen LogP contribution in [0.4, 0.5) is 36.8 Å². The first-order chi connectivity index (χ1) is 15.9. The molecule has 3 aromatic rings. The third kappa shape index (κ3) is 5.82. The Kier molecular flexibility index (Phi) is 6.80. The molecule has 0 spiro atoms. The fraction of sp³-hybridized carbons (Fsp3) is 0.136. The monoisotopic (exact) mass is 483 g/mol. The average Bonchev–Trinajstić information content (AvgIpc) is 2.77. The van der Waals surface area contributed by atoms with Crippen LogP contribution in [0.5, 0.6) is 0 Å². The summed E-state index contributed by atoms with van der Waals surface area (Å²) in [6.45, 7) is 0. The Hall–Kier alpha value is -4.09. The van der Waals surface area contributed by atoms with Crippen molar-refractivity contribution in [3.63, 3.8) is 0 Å². The number of alkyl halides is 6. The molecule has 0 saturated carbocycles. The van der Waals surface area contributed by atoms with Crippen molar-refractivity contribution in [1.82, 2.24) is 10.3 Å². The number of carboxylic acid groups (broad SMARTS) is 1. The lowest BCUT2D eigenvalue weighted by Crippen LogP contribution is -2.35. The zero-order valence-corrected chi connectivity index (χ0v) is 16.9. The van der Waals surface area contributed by atoms with Gasteiger partial charge in [-0.05, 0) is 54.1 Å². The molecular formula is C22H15F6N3O3. The topological polar surface area (TPSA) is 91.3 Å². The molecule has 1 unspecified atom stereocenters. The van der Waals surface area contributed by atoms with Gasteiger partial charge in [0.2, 0.25) is 0 Å². The van der Waals surface area contributed by atoms with E-state index < -0.39 is 47.2 Å². The predicted octanol–water partition coefficient (Wildman–Crippen LogP) is 5.73. The minimum absolute atomic E-state index is 0.0584. The van der Waals surface area contributed by atoms with Gasteiger partial charge in [0.25, 0.3) is 0 Å². The maximum Gasteiger partial charge on any atom is 0.418 e. The van der Waals surface area contributed by atoms with E-state index in [0.717, 1.165) is 30.5 Å². The van der Waals surface area contributed by atoms with E-state index in [-0.39, 0.29) is 16.8 Å². The van der Waals surface area contributed by atoms with Gasteiger partial charge in [-0.3, -0.25) is 4.98 Å². The Morgan fingerprint density at radius 3 is 2.00 bits per heavy atom. The number of rotatable bonds is 5. The Morgan fingerprint density at radius 2 is 1.47 bits per heavy atom. The minimum Gasteiger partial charge on any atom is -0.478 e. The van der Waals surface area contributed by atoms with Gasteiger partial charge in [0.1, 0.15) is 0 Å². The summed E-state index contributed by atoms with van der Waals surface area (Å²) in [6.07, 6.45) is -8.45. The highest BCUT2D eigenvalue weighted by molar-refractivity contribution is 5.91. The molecule has 3 rings (SSSR count). The second kappa shape index (κ2) is 9.41. The number of aromatic nitrogens is 1. The van der Waals surface area contributed by atoms with E-state index in [0.29, 0.717) is 12.1 Å². The third-order valence-electron chi connectivity index (χ3n) is 4.65. The number of hydrogen-bond acceptors (Lipinski definition) is 3. The van der Waals surface area contributed by atoms with Crippen molar-refractivity contribution < 1.29 is 41.0 Å². The van der Waals surface area contributed by atoms with Gasteiger partial charge < -0.3 is 15.7 Å². The van der Waals surface area contributed by atoms with Crippen molar-refractivity contribution >= 4 is 17.7 Å². The highest BCUT2D eigenvalue weighted by Crippen LogP contribution is 2.36. The molecule has 12 heteroatoms. The summed E-state index contributed by atoms with van der Waals surface area (Å²) in [6, 6.07) is 7.42. The summed E-state index contributed by atoms with van der Waals surface area (Å²) in [5.41, 5.74) is -2.82. The SMILES string of the molecule is O=C(Nc1ccc(C(=O)O)cc1)NC(c1ccc(C(F)(F)F)cc1)c1ncccc1C(F)(F)F. The van der Waals surface area contributed by atoms with E-state index in [2.05, 4.69) is 15.6 Å². The molecule has 34 heavy (non-hydrogen) atoms. The van der Waals surface area contributed by atoms with Crippen molar-refractivity contribution in [3.8, 4) is 0 Å². The van der Waals surface area contributed by atoms with Gasteiger partial charge in [-0.1, -0.05) is 12.1 Å².